The molecule has 0 fully saturated rings. The van der Waals surface area contributed by atoms with Crippen LogP contribution in [0.2, 0.25) is 0 Å². The minimum Gasteiger partial charge on any atom is -0.334 e. The van der Waals surface area contributed by atoms with Crippen molar-refractivity contribution < 1.29 is 8.91 Å². The maximum Gasteiger partial charge on any atom is 0.258 e. The maximum atomic E-state index is 13.2. The Morgan fingerprint density at radius 1 is 1.19 bits per heavy atom. The molecular formula is C14H10BrFN4O. The lowest BCUT2D eigenvalue weighted by molar-refractivity contribution is 0.432. The smallest absolute Gasteiger partial charge is 0.258 e. The number of halogens is 2. The summed E-state index contributed by atoms with van der Waals surface area (Å²) in [5, 5.41) is 3.91. The molecule has 0 aliphatic rings. The third kappa shape index (κ3) is 2.84. The molecule has 0 saturated heterocycles. The van der Waals surface area contributed by atoms with Crippen molar-refractivity contribution in [3.63, 3.8) is 0 Å². The van der Waals surface area contributed by atoms with E-state index >= 15 is 0 Å². The lowest BCUT2D eigenvalue weighted by Crippen LogP contribution is -1.98. The van der Waals surface area contributed by atoms with Crippen LogP contribution in [-0.2, 0) is 6.54 Å². The van der Waals surface area contributed by atoms with Crippen molar-refractivity contribution in [1.29, 1.82) is 0 Å². The van der Waals surface area contributed by atoms with Gasteiger partial charge in [-0.2, -0.15) is 4.98 Å². The van der Waals surface area contributed by atoms with Gasteiger partial charge in [-0.25, -0.2) is 4.39 Å². The quantitative estimate of drug-likeness (QED) is 0.786. The van der Waals surface area contributed by atoms with Crippen LogP contribution in [-0.4, -0.2) is 15.1 Å². The normalized spacial score (nSPS) is 10.8. The number of pyridine rings is 1. The first kappa shape index (κ1) is 13.8. The molecule has 0 aliphatic heterocycles. The van der Waals surface area contributed by atoms with Gasteiger partial charge in [-0.1, -0.05) is 5.16 Å². The number of nitrogens with two attached hydrogens (primary N) is 1. The molecule has 0 radical (unpaired) electrons. The van der Waals surface area contributed by atoms with Gasteiger partial charge < -0.3 is 10.3 Å². The molecule has 7 heteroatoms. The molecule has 2 aromatic heterocycles. The zero-order chi connectivity index (χ0) is 14.8. The molecule has 0 unspecified atom stereocenters. The number of nitrogens with zero attached hydrogens (tertiary/aromatic N) is 3. The second-order valence-electron chi connectivity index (χ2n) is 4.29. The average Bonchev–Trinajstić information content (AvgIpc) is 3.00. The molecule has 0 amide bonds. The summed E-state index contributed by atoms with van der Waals surface area (Å²) in [6.07, 6.45) is 1.63. The van der Waals surface area contributed by atoms with Crippen LogP contribution in [0.3, 0.4) is 0 Å². The van der Waals surface area contributed by atoms with Crippen LogP contribution in [0.1, 0.15) is 5.69 Å². The maximum absolute atomic E-state index is 13.2. The van der Waals surface area contributed by atoms with Crippen LogP contribution < -0.4 is 5.73 Å². The Bertz CT molecular complexity index is 790. The van der Waals surface area contributed by atoms with Crippen molar-refractivity contribution in [2.24, 2.45) is 5.73 Å². The van der Waals surface area contributed by atoms with E-state index in [-0.39, 0.29) is 5.82 Å². The van der Waals surface area contributed by atoms with Crippen LogP contribution >= 0.6 is 15.9 Å². The van der Waals surface area contributed by atoms with E-state index in [0.717, 1.165) is 11.3 Å². The number of rotatable bonds is 3. The van der Waals surface area contributed by atoms with Crippen LogP contribution in [0.4, 0.5) is 4.39 Å². The Balaban J connectivity index is 1.97. The number of hydrogen-bond donors (Lipinski definition) is 1. The summed E-state index contributed by atoms with van der Waals surface area (Å²) in [7, 11) is 0. The van der Waals surface area contributed by atoms with E-state index in [9.17, 15) is 4.39 Å². The molecule has 0 atom stereocenters. The fraction of sp³-hybridized carbons (Fsp3) is 0.0714. The second kappa shape index (κ2) is 5.71. The summed E-state index contributed by atoms with van der Waals surface area (Å²) in [5.41, 5.74) is 7.69. The number of hydrogen-bond acceptors (Lipinski definition) is 5. The molecule has 0 spiro atoms. The van der Waals surface area contributed by atoms with Crippen molar-refractivity contribution in [1.82, 2.24) is 15.1 Å². The zero-order valence-electron chi connectivity index (χ0n) is 10.8. The minimum absolute atomic E-state index is 0.333. The van der Waals surface area contributed by atoms with Gasteiger partial charge in [0.05, 0.1) is 10.2 Å². The van der Waals surface area contributed by atoms with E-state index in [4.69, 9.17) is 10.3 Å². The van der Waals surface area contributed by atoms with Gasteiger partial charge in [0.2, 0.25) is 5.82 Å². The molecule has 3 rings (SSSR count). The van der Waals surface area contributed by atoms with Gasteiger partial charge in [0.25, 0.3) is 5.89 Å². The van der Waals surface area contributed by atoms with Crippen molar-refractivity contribution in [3.05, 3.63) is 52.5 Å². The van der Waals surface area contributed by atoms with Gasteiger partial charge in [-0.15, -0.1) is 0 Å². The number of benzene rings is 1. The summed E-state index contributed by atoms with van der Waals surface area (Å²) in [6, 6.07) is 8.08. The predicted molar refractivity (Wildman–Crippen MR) is 78.5 cm³/mol. The van der Waals surface area contributed by atoms with Crippen LogP contribution in [0.15, 0.2) is 45.5 Å². The molecule has 106 valence electrons. The van der Waals surface area contributed by atoms with Gasteiger partial charge in [0.1, 0.15) is 5.82 Å². The molecule has 1 aromatic carbocycles. The highest BCUT2D eigenvalue weighted by molar-refractivity contribution is 9.10. The van der Waals surface area contributed by atoms with Crippen molar-refractivity contribution in [2.75, 3.05) is 0 Å². The predicted octanol–water partition coefficient (Wildman–Crippen LogP) is 3.16. The first-order valence-corrected chi connectivity index (χ1v) is 6.91. The van der Waals surface area contributed by atoms with Gasteiger partial charge >= 0.3 is 0 Å². The average molecular weight is 349 g/mol. The zero-order valence-corrected chi connectivity index (χ0v) is 12.3. The standard InChI is InChI=1S/C14H10BrFN4O/c15-11-6-8(1-2-12(11)16)13-19-14(21-20-13)9-3-4-18-10(5-9)7-17/h1-6H,7,17H2. The minimum atomic E-state index is -0.343. The molecule has 2 heterocycles. The Labute approximate surface area is 128 Å². The molecule has 2 N–H and O–H groups in total. The fourth-order valence-electron chi connectivity index (χ4n) is 1.82. The van der Waals surface area contributed by atoms with Crippen molar-refractivity contribution in [3.8, 4) is 22.8 Å². The Kier molecular flexibility index (Phi) is 3.76. The lowest BCUT2D eigenvalue weighted by atomic mass is 10.2. The first-order chi connectivity index (χ1) is 10.2. The van der Waals surface area contributed by atoms with Crippen LogP contribution in [0.5, 0.6) is 0 Å². The third-order valence-corrected chi connectivity index (χ3v) is 3.48. The SMILES string of the molecule is NCc1cc(-c2nc(-c3ccc(F)c(Br)c3)no2)ccn1. The van der Waals surface area contributed by atoms with Gasteiger partial charge in [-0.05, 0) is 46.3 Å². The second-order valence-corrected chi connectivity index (χ2v) is 5.15. The van der Waals surface area contributed by atoms with Crippen molar-refractivity contribution >= 4 is 15.9 Å². The number of aromatic nitrogens is 3. The van der Waals surface area contributed by atoms with E-state index in [2.05, 4.69) is 31.1 Å². The summed E-state index contributed by atoms with van der Waals surface area (Å²) >= 11 is 3.13. The van der Waals surface area contributed by atoms with Crippen LogP contribution in [0, 0.1) is 5.82 Å². The van der Waals surface area contributed by atoms with Crippen molar-refractivity contribution in [2.45, 2.75) is 6.54 Å². The Morgan fingerprint density at radius 2 is 2.05 bits per heavy atom. The van der Waals surface area contributed by atoms with Gasteiger partial charge in [0.15, 0.2) is 0 Å². The first-order valence-electron chi connectivity index (χ1n) is 6.12. The highest BCUT2D eigenvalue weighted by atomic mass is 79.9. The third-order valence-electron chi connectivity index (χ3n) is 2.88. The van der Waals surface area contributed by atoms with Gasteiger partial charge in [-0.3, -0.25) is 4.98 Å². The van der Waals surface area contributed by atoms with E-state index in [1.165, 1.54) is 6.07 Å². The molecule has 0 bridgehead atoms. The fourth-order valence-corrected chi connectivity index (χ4v) is 2.19. The molecule has 0 saturated carbocycles. The largest absolute Gasteiger partial charge is 0.334 e. The summed E-state index contributed by atoms with van der Waals surface area (Å²) < 4.78 is 18.8. The lowest BCUT2D eigenvalue weighted by Gasteiger charge is -1.98. The van der Waals surface area contributed by atoms with E-state index in [0.29, 0.717) is 28.3 Å². The summed E-state index contributed by atoms with van der Waals surface area (Å²) in [6.45, 7) is 0.333. The van der Waals surface area contributed by atoms with E-state index < -0.39 is 0 Å². The van der Waals surface area contributed by atoms with Gasteiger partial charge in [0, 0.05) is 23.9 Å². The summed E-state index contributed by atoms with van der Waals surface area (Å²) in [4.78, 5) is 8.41. The Hall–Kier alpha value is -2.12. The monoisotopic (exact) mass is 348 g/mol. The van der Waals surface area contributed by atoms with E-state index in [1.54, 1.807) is 30.5 Å². The van der Waals surface area contributed by atoms with Crippen LogP contribution in [0.25, 0.3) is 22.8 Å². The summed E-state index contributed by atoms with van der Waals surface area (Å²) in [5.74, 6) is 0.406. The molecule has 0 aliphatic carbocycles. The van der Waals surface area contributed by atoms with E-state index in [1.807, 2.05) is 0 Å². The molecule has 3 aromatic rings. The highest BCUT2D eigenvalue weighted by Gasteiger charge is 2.12. The topological polar surface area (TPSA) is 77.8 Å². The molecule has 21 heavy (non-hydrogen) atoms. The molecule has 5 nitrogen and oxygen atoms in total. The highest BCUT2D eigenvalue weighted by Crippen LogP contribution is 2.25. The Morgan fingerprint density at radius 3 is 2.81 bits per heavy atom. The molecular weight excluding hydrogens is 339 g/mol.